The van der Waals surface area contributed by atoms with Crippen LogP contribution in [0.3, 0.4) is 0 Å². The van der Waals surface area contributed by atoms with Crippen LogP contribution in [0.5, 0.6) is 0 Å². The molecule has 3 heterocycles. The number of nitrogens with one attached hydrogen (secondary N) is 3. The minimum absolute atomic E-state index is 0.0444. The Bertz CT molecular complexity index is 1300. The first-order valence-electron chi connectivity index (χ1n) is 10.2. The van der Waals surface area contributed by atoms with Crippen molar-refractivity contribution < 1.29 is 22.7 Å². The maximum absolute atomic E-state index is 15.2. The lowest BCUT2D eigenvalue weighted by molar-refractivity contribution is 0.191. The Hall–Kier alpha value is -3.81. The van der Waals surface area contributed by atoms with Crippen LogP contribution in [0.4, 0.5) is 21.0 Å². The Morgan fingerprint density at radius 1 is 1.18 bits per heavy atom. The lowest BCUT2D eigenvalue weighted by atomic mass is 10.1. The quantitative estimate of drug-likeness (QED) is 0.351. The predicted molar refractivity (Wildman–Crippen MR) is 124 cm³/mol. The number of carbonyl (C=O) groups is 1. The molecule has 0 aliphatic heterocycles. The number of aromatic nitrogens is 5. The van der Waals surface area contributed by atoms with E-state index in [1.807, 2.05) is 13.8 Å². The molecule has 0 fully saturated rings. The molecule has 1 atom stereocenters. The number of halogens is 1. The summed E-state index contributed by atoms with van der Waals surface area (Å²) in [5.74, 6) is -1.06. The maximum atomic E-state index is 15.2. The Morgan fingerprint density at radius 2 is 1.88 bits per heavy atom. The number of carboxylic acid groups (broad SMARTS) is 1. The molecule has 0 bridgehead atoms. The van der Waals surface area contributed by atoms with Crippen molar-refractivity contribution in [1.29, 1.82) is 0 Å². The van der Waals surface area contributed by atoms with Crippen molar-refractivity contribution in [3.05, 3.63) is 36.5 Å². The molecule has 0 spiro atoms. The third kappa shape index (κ3) is 6.15. The Labute approximate surface area is 195 Å². The average Bonchev–Trinajstić information content (AvgIpc) is 3.18. The Balaban J connectivity index is 2.02. The van der Waals surface area contributed by atoms with Gasteiger partial charge in [-0.2, -0.15) is 5.10 Å². The van der Waals surface area contributed by atoms with E-state index in [-0.39, 0.29) is 29.8 Å². The molecule has 3 aromatic rings. The van der Waals surface area contributed by atoms with E-state index >= 15 is 4.39 Å². The van der Waals surface area contributed by atoms with Crippen LogP contribution in [0.25, 0.3) is 22.5 Å². The highest BCUT2D eigenvalue weighted by atomic mass is 32.2. The molecular weight excluding hydrogens is 467 g/mol. The fraction of sp³-hybridized carbons (Fsp3) is 0.350. The van der Waals surface area contributed by atoms with Crippen molar-refractivity contribution >= 4 is 27.9 Å². The van der Waals surface area contributed by atoms with Crippen LogP contribution in [-0.2, 0) is 10.0 Å². The summed E-state index contributed by atoms with van der Waals surface area (Å²) in [5.41, 5.74) is 1.22. The number of anilines is 2. The molecule has 14 heteroatoms. The molecule has 3 aromatic heterocycles. The number of amides is 1. The number of rotatable bonds is 9. The number of pyridine rings is 1. The molecule has 34 heavy (non-hydrogen) atoms. The van der Waals surface area contributed by atoms with Crippen molar-refractivity contribution in [2.75, 3.05) is 22.8 Å². The molecule has 4 N–H and O–H groups in total. The van der Waals surface area contributed by atoms with E-state index in [2.05, 4.69) is 35.4 Å². The van der Waals surface area contributed by atoms with Gasteiger partial charge in [-0.15, -0.1) is 0 Å². The second kappa shape index (κ2) is 9.99. The topological polar surface area (TPSA) is 164 Å². The minimum Gasteiger partial charge on any atom is -0.465 e. The van der Waals surface area contributed by atoms with Crippen LogP contribution in [0, 0.1) is 5.82 Å². The van der Waals surface area contributed by atoms with Gasteiger partial charge < -0.3 is 15.7 Å². The minimum atomic E-state index is -3.74. The summed E-state index contributed by atoms with van der Waals surface area (Å²) in [4.78, 5) is 23.2. The van der Waals surface area contributed by atoms with Crippen molar-refractivity contribution in [2.45, 2.75) is 32.9 Å². The van der Waals surface area contributed by atoms with E-state index < -0.39 is 33.8 Å². The largest absolute Gasteiger partial charge is 0.465 e. The molecule has 12 nitrogen and oxygen atoms in total. The van der Waals surface area contributed by atoms with E-state index in [1.165, 1.54) is 18.5 Å². The zero-order chi connectivity index (χ0) is 25.0. The molecule has 0 aliphatic carbocycles. The monoisotopic (exact) mass is 492 g/mol. The summed E-state index contributed by atoms with van der Waals surface area (Å²) in [5, 5.41) is 18.6. The van der Waals surface area contributed by atoms with E-state index in [0.29, 0.717) is 11.3 Å². The number of sulfonamides is 1. The van der Waals surface area contributed by atoms with Gasteiger partial charge in [0.05, 0.1) is 11.9 Å². The summed E-state index contributed by atoms with van der Waals surface area (Å²) >= 11 is 0. The highest BCUT2D eigenvalue weighted by Gasteiger charge is 2.22. The smallest absolute Gasteiger partial charge is 0.404 e. The van der Waals surface area contributed by atoms with Gasteiger partial charge >= 0.3 is 6.09 Å². The molecule has 182 valence electrons. The summed E-state index contributed by atoms with van der Waals surface area (Å²) in [7, 11) is -3.74. The van der Waals surface area contributed by atoms with Gasteiger partial charge in [0.1, 0.15) is 5.69 Å². The third-order valence-corrected chi connectivity index (χ3v) is 5.12. The first-order valence-corrected chi connectivity index (χ1v) is 12.1. The molecule has 0 saturated heterocycles. The number of hydrogen-bond acceptors (Lipinski definition) is 8. The molecule has 0 saturated carbocycles. The second-order valence-corrected chi connectivity index (χ2v) is 9.61. The Morgan fingerprint density at radius 3 is 2.53 bits per heavy atom. The van der Waals surface area contributed by atoms with Crippen LogP contribution in [0.15, 0.2) is 30.7 Å². The van der Waals surface area contributed by atoms with Crippen LogP contribution >= 0.6 is 0 Å². The fourth-order valence-corrected chi connectivity index (χ4v) is 3.51. The van der Waals surface area contributed by atoms with Crippen molar-refractivity contribution in [3.63, 3.8) is 0 Å². The van der Waals surface area contributed by atoms with Crippen LogP contribution in [-0.4, -0.2) is 63.2 Å². The number of nitrogens with zero attached hydrogens (tertiary/aromatic N) is 5. The molecule has 0 aromatic carbocycles. The van der Waals surface area contributed by atoms with Gasteiger partial charge in [-0.1, -0.05) is 0 Å². The fourth-order valence-electron chi connectivity index (χ4n) is 3.02. The zero-order valence-electron chi connectivity index (χ0n) is 18.9. The summed E-state index contributed by atoms with van der Waals surface area (Å²) in [6.45, 7) is 5.74. The van der Waals surface area contributed by atoms with Gasteiger partial charge in [-0.3, -0.25) is 9.40 Å². The third-order valence-electron chi connectivity index (χ3n) is 4.56. The average molecular weight is 493 g/mol. The van der Waals surface area contributed by atoms with Crippen molar-refractivity contribution in [2.24, 2.45) is 0 Å². The molecule has 3 rings (SSSR count). The lowest BCUT2D eigenvalue weighted by Crippen LogP contribution is -2.36. The van der Waals surface area contributed by atoms with Gasteiger partial charge in [0.2, 0.25) is 16.0 Å². The molecule has 0 radical (unpaired) electrons. The van der Waals surface area contributed by atoms with Gasteiger partial charge in [0.25, 0.3) is 0 Å². The number of hydrogen-bond donors (Lipinski definition) is 4. The summed E-state index contributed by atoms with van der Waals surface area (Å²) in [6, 6.07) is 2.59. The van der Waals surface area contributed by atoms with Crippen LogP contribution in [0.2, 0.25) is 0 Å². The van der Waals surface area contributed by atoms with Gasteiger partial charge in [-0.25, -0.2) is 32.6 Å². The molecule has 0 aliphatic rings. The van der Waals surface area contributed by atoms with Gasteiger partial charge in [-0.05, 0) is 32.9 Å². The highest BCUT2D eigenvalue weighted by Crippen LogP contribution is 2.34. The highest BCUT2D eigenvalue weighted by molar-refractivity contribution is 7.92. The SMILES string of the molecule is CC(C)n1cc(-c2ccnc(NC[C@H](C)NC(=O)O)n2)c(-c2ccnc(NS(C)(=O)=O)c2F)n1. The zero-order valence-corrected chi connectivity index (χ0v) is 19.8. The summed E-state index contributed by atoms with van der Waals surface area (Å²) < 4.78 is 42.1. The maximum Gasteiger partial charge on any atom is 0.404 e. The Kier molecular flexibility index (Phi) is 7.29. The normalized spacial score (nSPS) is 12.4. The van der Waals surface area contributed by atoms with Gasteiger partial charge in [0.15, 0.2) is 11.6 Å². The van der Waals surface area contributed by atoms with Gasteiger partial charge in [0, 0.05) is 48.3 Å². The van der Waals surface area contributed by atoms with E-state index in [9.17, 15) is 13.2 Å². The first-order chi connectivity index (χ1) is 15.9. The van der Waals surface area contributed by atoms with Crippen molar-refractivity contribution in [3.8, 4) is 22.5 Å². The van der Waals surface area contributed by atoms with E-state index in [0.717, 1.165) is 6.26 Å². The molecule has 0 unspecified atom stereocenters. The predicted octanol–water partition coefficient (Wildman–Crippen LogP) is 2.56. The lowest BCUT2D eigenvalue weighted by Gasteiger charge is -2.12. The van der Waals surface area contributed by atoms with Crippen molar-refractivity contribution in [1.82, 2.24) is 30.0 Å². The van der Waals surface area contributed by atoms with E-state index in [1.54, 1.807) is 23.9 Å². The molecular formula is C20H25FN8O4S. The molecule has 1 amide bonds. The van der Waals surface area contributed by atoms with Crippen LogP contribution < -0.4 is 15.4 Å². The summed E-state index contributed by atoms with van der Waals surface area (Å²) in [6.07, 6.45) is 4.27. The van der Waals surface area contributed by atoms with Crippen LogP contribution in [0.1, 0.15) is 26.8 Å². The second-order valence-electron chi connectivity index (χ2n) is 7.86. The first kappa shape index (κ1) is 24.8. The van der Waals surface area contributed by atoms with E-state index in [4.69, 9.17) is 5.11 Å². The standard InChI is InChI=1S/C20H25FN8O4S/c1-11(2)29-10-14(15-6-8-23-19(26-15)24-9-12(3)25-20(30)31)17(27-29)13-5-7-22-18(16(13)21)28-34(4,32)33/h5-8,10-12,25H,9H2,1-4H3,(H,22,28)(H,30,31)(H,23,24,26)/t12-/m0/s1.